The molecule has 1 aliphatic heterocycles. The summed E-state index contributed by atoms with van der Waals surface area (Å²) in [5.74, 6) is 0.110. The van der Waals surface area contributed by atoms with Crippen LogP contribution in [0.25, 0.3) is 0 Å². The van der Waals surface area contributed by atoms with Gasteiger partial charge in [-0.3, -0.25) is 4.79 Å². The van der Waals surface area contributed by atoms with E-state index >= 15 is 0 Å². The summed E-state index contributed by atoms with van der Waals surface area (Å²) in [5.41, 5.74) is 3.50. The largest absolute Gasteiger partial charge is 0.375 e. The van der Waals surface area contributed by atoms with Crippen LogP contribution in [0.1, 0.15) is 42.9 Å². The minimum Gasteiger partial charge on any atom is -0.375 e. The van der Waals surface area contributed by atoms with Gasteiger partial charge < -0.3 is 14.4 Å². The summed E-state index contributed by atoms with van der Waals surface area (Å²) in [6, 6.07) is 30.9. The maximum absolute atomic E-state index is 13.8. The molecule has 0 spiro atoms. The zero-order chi connectivity index (χ0) is 24.3. The van der Waals surface area contributed by atoms with E-state index in [1.807, 2.05) is 61.5 Å². The normalized spacial score (nSPS) is 18.8. The Labute approximate surface area is 209 Å². The molecule has 1 aliphatic rings. The lowest BCUT2D eigenvalue weighted by molar-refractivity contribution is -0.147. The number of rotatable bonds is 11. The Balaban J connectivity index is 1.42. The second-order valence-corrected chi connectivity index (χ2v) is 9.58. The SMILES string of the molecule is C[C@@H](Cc1ccccc1)C(=O)N1[C@@H](COCc2ccccc2)CCC[C@@H]1COCc1ccccc1. The van der Waals surface area contributed by atoms with Crippen molar-refractivity contribution in [3.05, 3.63) is 108 Å². The monoisotopic (exact) mass is 471 g/mol. The van der Waals surface area contributed by atoms with Gasteiger partial charge in [-0.25, -0.2) is 0 Å². The molecule has 0 aromatic heterocycles. The van der Waals surface area contributed by atoms with Crippen LogP contribution >= 0.6 is 0 Å². The highest BCUT2D eigenvalue weighted by Gasteiger charge is 2.36. The first-order valence-corrected chi connectivity index (χ1v) is 12.8. The molecular formula is C31H37NO3. The van der Waals surface area contributed by atoms with E-state index in [9.17, 15) is 4.79 Å². The molecule has 3 aromatic rings. The van der Waals surface area contributed by atoms with Gasteiger partial charge in [-0.15, -0.1) is 0 Å². The highest BCUT2D eigenvalue weighted by Crippen LogP contribution is 2.27. The van der Waals surface area contributed by atoms with E-state index < -0.39 is 0 Å². The van der Waals surface area contributed by atoms with E-state index in [-0.39, 0.29) is 23.9 Å². The molecule has 35 heavy (non-hydrogen) atoms. The number of piperidine rings is 1. The molecule has 0 unspecified atom stereocenters. The van der Waals surface area contributed by atoms with Gasteiger partial charge >= 0.3 is 0 Å². The third-order valence-corrected chi connectivity index (χ3v) is 6.77. The van der Waals surface area contributed by atoms with Crippen LogP contribution in [0.5, 0.6) is 0 Å². The fourth-order valence-corrected chi connectivity index (χ4v) is 4.94. The Morgan fingerprint density at radius 2 is 1.17 bits per heavy atom. The van der Waals surface area contributed by atoms with Crippen LogP contribution in [0.2, 0.25) is 0 Å². The molecule has 184 valence electrons. The number of carbonyl (C=O) groups is 1. The van der Waals surface area contributed by atoms with E-state index in [1.54, 1.807) is 0 Å². The molecule has 4 nitrogen and oxygen atoms in total. The van der Waals surface area contributed by atoms with Gasteiger partial charge in [0.05, 0.1) is 38.5 Å². The Morgan fingerprint density at radius 3 is 1.63 bits per heavy atom. The lowest BCUT2D eigenvalue weighted by Gasteiger charge is -2.43. The standard InChI is InChI=1S/C31H37NO3/c1-25(20-26-12-5-2-6-13-26)31(33)32-29(23-34-21-27-14-7-3-8-15-27)18-11-19-30(32)24-35-22-28-16-9-4-10-17-28/h2-10,12-17,25,29-30H,11,18-24H2,1H3/t25-,29+,30+/m0/s1. The van der Waals surface area contributed by atoms with Gasteiger partial charge in [0.25, 0.3) is 0 Å². The van der Waals surface area contributed by atoms with Crippen LogP contribution < -0.4 is 0 Å². The first-order chi connectivity index (χ1) is 17.2. The summed E-state index contributed by atoms with van der Waals surface area (Å²) in [4.78, 5) is 15.9. The highest BCUT2D eigenvalue weighted by atomic mass is 16.5. The number of nitrogens with zero attached hydrogens (tertiary/aromatic N) is 1. The van der Waals surface area contributed by atoms with Crippen LogP contribution in [0.3, 0.4) is 0 Å². The van der Waals surface area contributed by atoms with Crippen molar-refractivity contribution >= 4 is 5.91 Å². The van der Waals surface area contributed by atoms with Gasteiger partial charge in [-0.1, -0.05) is 97.9 Å². The fraction of sp³-hybridized carbons (Fsp3) is 0.387. The second kappa shape index (κ2) is 13.2. The second-order valence-electron chi connectivity index (χ2n) is 9.58. The lowest BCUT2D eigenvalue weighted by Crippen LogP contribution is -2.55. The van der Waals surface area contributed by atoms with Gasteiger partial charge in [0.2, 0.25) is 5.91 Å². The first-order valence-electron chi connectivity index (χ1n) is 12.8. The zero-order valence-electron chi connectivity index (χ0n) is 20.7. The summed E-state index contributed by atoms with van der Waals surface area (Å²) >= 11 is 0. The molecule has 0 aliphatic carbocycles. The quantitative estimate of drug-likeness (QED) is 0.342. The molecule has 0 radical (unpaired) electrons. The Morgan fingerprint density at radius 1 is 0.743 bits per heavy atom. The number of carbonyl (C=O) groups excluding carboxylic acids is 1. The molecule has 3 atom stereocenters. The van der Waals surface area contributed by atoms with Crippen LogP contribution in [0.15, 0.2) is 91.0 Å². The molecule has 0 N–H and O–H groups in total. The average molecular weight is 472 g/mol. The van der Waals surface area contributed by atoms with E-state index in [1.165, 1.54) is 5.56 Å². The molecule has 4 rings (SSSR count). The van der Waals surface area contributed by atoms with E-state index in [0.29, 0.717) is 26.4 Å². The summed E-state index contributed by atoms with van der Waals surface area (Å²) < 4.78 is 12.3. The summed E-state index contributed by atoms with van der Waals surface area (Å²) in [6.45, 7) is 4.28. The minimum atomic E-state index is -0.0938. The van der Waals surface area contributed by atoms with Crippen molar-refractivity contribution < 1.29 is 14.3 Å². The topological polar surface area (TPSA) is 38.8 Å². The fourth-order valence-electron chi connectivity index (χ4n) is 4.94. The molecule has 3 aromatic carbocycles. The number of likely N-dealkylation sites (tertiary alicyclic amines) is 1. The van der Waals surface area contributed by atoms with Gasteiger partial charge in [0, 0.05) is 5.92 Å². The van der Waals surface area contributed by atoms with Crippen LogP contribution in [-0.4, -0.2) is 36.1 Å². The summed E-state index contributed by atoms with van der Waals surface area (Å²) in [6.07, 6.45) is 3.75. The predicted molar refractivity (Wildman–Crippen MR) is 140 cm³/mol. The van der Waals surface area contributed by atoms with Gasteiger partial charge in [0.15, 0.2) is 0 Å². The molecule has 0 saturated carbocycles. The third kappa shape index (κ3) is 7.51. The number of benzene rings is 3. The smallest absolute Gasteiger partial charge is 0.226 e. The van der Waals surface area contributed by atoms with Crippen molar-refractivity contribution in [1.82, 2.24) is 4.90 Å². The van der Waals surface area contributed by atoms with Crippen LogP contribution in [-0.2, 0) is 33.9 Å². The van der Waals surface area contributed by atoms with Crippen molar-refractivity contribution in [2.45, 2.75) is 57.9 Å². The number of hydrogen-bond donors (Lipinski definition) is 0. The van der Waals surface area contributed by atoms with Crippen LogP contribution in [0, 0.1) is 5.92 Å². The molecule has 0 bridgehead atoms. The van der Waals surface area contributed by atoms with Crippen LogP contribution in [0.4, 0.5) is 0 Å². The van der Waals surface area contributed by atoms with E-state index in [0.717, 1.165) is 36.8 Å². The van der Waals surface area contributed by atoms with Crippen molar-refractivity contribution in [2.24, 2.45) is 5.92 Å². The minimum absolute atomic E-state index is 0.0727. The van der Waals surface area contributed by atoms with Crippen molar-refractivity contribution in [3.63, 3.8) is 0 Å². The third-order valence-electron chi connectivity index (χ3n) is 6.77. The molecule has 1 heterocycles. The highest BCUT2D eigenvalue weighted by molar-refractivity contribution is 5.79. The summed E-state index contributed by atoms with van der Waals surface area (Å²) in [5, 5.41) is 0. The van der Waals surface area contributed by atoms with Gasteiger partial charge in [-0.05, 0) is 42.4 Å². The van der Waals surface area contributed by atoms with Crippen molar-refractivity contribution in [3.8, 4) is 0 Å². The zero-order valence-corrected chi connectivity index (χ0v) is 20.7. The Hall–Kier alpha value is -2.95. The number of hydrogen-bond acceptors (Lipinski definition) is 3. The molecule has 4 heteroatoms. The lowest BCUT2D eigenvalue weighted by atomic mass is 9.92. The molecule has 1 fully saturated rings. The Kier molecular flexibility index (Phi) is 9.50. The maximum atomic E-state index is 13.8. The first kappa shape index (κ1) is 25.2. The number of ether oxygens (including phenoxy) is 2. The van der Waals surface area contributed by atoms with E-state index in [2.05, 4.69) is 41.3 Å². The van der Waals surface area contributed by atoms with Crippen molar-refractivity contribution in [2.75, 3.05) is 13.2 Å². The average Bonchev–Trinajstić information content (AvgIpc) is 2.90. The predicted octanol–water partition coefficient (Wildman–Crippen LogP) is 6.05. The summed E-state index contributed by atoms with van der Waals surface area (Å²) in [7, 11) is 0. The number of amides is 1. The van der Waals surface area contributed by atoms with Gasteiger partial charge in [0.1, 0.15) is 0 Å². The van der Waals surface area contributed by atoms with Crippen molar-refractivity contribution in [1.29, 1.82) is 0 Å². The molecular weight excluding hydrogens is 434 g/mol. The molecule has 1 amide bonds. The Bertz CT molecular complexity index is 956. The molecule has 1 saturated heterocycles. The maximum Gasteiger partial charge on any atom is 0.226 e. The van der Waals surface area contributed by atoms with E-state index in [4.69, 9.17) is 9.47 Å². The van der Waals surface area contributed by atoms with Gasteiger partial charge in [-0.2, -0.15) is 0 Å².